The third kappa shape index (κ3) is 3.55. The van der Waals surface area contributed by atoms with Crippen molar-refractivity contribution in [2.45, 2.75) is 38.4 Å². The van der Waals surface area contributed by atoms with E-state index in [-0.39, 0.29) is 12.0 Å². The van der Waals surface area contributed by atoms with E-state index in [1.54, 1.807) is 13.2 Å². The van der Waals surface area contributed by atoms with Gasteiger partial charge in [0, 0.05) is 12.7 Å². The van der Waals surface area contributed by atoms with Crippen molar-refractivity contribution in [3.05, 3.63) is 35.4 Å². The fourth-order valence-corrected chi connectivity index (χ4v) is 2.17. The molecule has 0 heterocycles. The Hall–Kier alpha value is -1.39. The molecule has 18 heavy (non-hydrogen) atoms. The summed E-state index contributed by atoms with van der Waals surface area (Å²) < 4.78 is 5.04. The van der Waals surface area contributed by atoms with Crippen molar-refractivity contribution >= 4 is 5.91 Å². The number of hydroxylamine groups is 1. The molecule has 98 valence electrons. The molecule has 4 nitrogen and oxygen atoms in total. The van der Waals surface area contributed by atoms with Crippen LogP contribution < -0.4 is 5.48 Å². The Labute approximate surface area is 107 Å². The maximum atomic E-state index is 11.9. The van der Waals surface area contributed by atoms with Crippen LogP contribution in [0.1, 0.15) is 41.6 Å². The minimum Gasteiger partial charge on any atom is -0.380 e. The SMILES string of the molecule is COCc1cccc(C(=O)NOC2CCCC2)c1. The number of hydrogen-bond acceptors (Lipinski definition) is 3. The van der Waals surface area contributed by atoms with E-state index in [0.717, 1.165) is 18.4 Å². The van der Waals surface area contributed by atoms with Gasteiger partial charge in [0.2, 0.25) is 0 Å². The van der Waals surface area contributed by atoms with Gasteiger partial charge < -0.3 is 4.74 Å². The van der Waals surface area contributed by atoms with Gasteiger partial charge in [0.05, 0.1) is 12.7 Å². The van der Waals surface area contributed by atoms with Gasteiger partial charge in [0.15, 0.2) is 0 Å². The Balaban J connectivity index is 1.89. The van der Waals surface area contributed by atoms with Crippen LogP contribution in [0.5, 0.6) is 0 Å². The monoisotopic (exact) mass is 249 g/mol. The first-order chi connectivity index (χ1) is 8.79. The van der Waals surface area contributed by atoms with E-state index in [2.05, 4.69) is 5.48 Å². The van der Waals surface area contributed by atoms with Crippen LogP contribution >= 0.6 is 0 Å². The molecule has 4 heteroatoms. The number of benzene rings is 1. The predicted molar refractivity (Wildman–Crippen MR) is 68.0 cm³/mol. The highest BCUT2D eigenvalue weighted by atomic mass is 16.7. The van der Waals surface area contributed by atoms with Crippen LogP contribution in [0.2, 0.25) is 0 Å². The van der Waals surface area contributed by atoms with Gasteiger partial charge in [-0.2, -0.15) is 0 Å². The van der Waals surface area contributed by atoms with Crippen LogP contribution in [0.4, 0.5) is 0 Å². The van der Waals surface area contributed by atoms with Gasteiger partial charge >= 0.3 is 0 Å². The first-order valence-electron chi connectivity index (χ1n) is 6.33. The van der Waals surface area contributed by atoms with Gasteiger partial charge in [-0.1, -0.05) is 25.0 Å². The zero-order chi connectivity index (χ0) is 12.8. The lowest BCUT2D eigenvalue weighted by Gasteiger charge is -2.11. The minimum atomic E-state index is -0.195. The van der Waals surface area contributed by atoms with E-state index in [1.165, 1.54) is 12.8 Å². The molecule has 0 atom stereocenters. The molecule has 1 aliphatic rings. The van der Waals surface area contributed by atoms with Crippen LogP contribution in [0.3, 0.4) is 0 Å². The van der Waals surface area contributed by atoms with Gasteiger partial charge in [0.1, 0.15) is 0 Å². The van der Waals surface area contributed by atoms with Crippen molar-refractivity contribution < 1.29 is 14.4 Å². The molecule has 0 bridgehead atoms. The van der Waals surface area contributed by atoms with E-state index in [1.807, 2.05) is 18.2 Å². The Morgan fingerprint density at radius 1 is 1.39 bits per heavy atom. The zero-order valence-corrected chi connectivity index (χ0v) is 10.6. The van der Waals surface area contributed by atoms with Crippen LogP contribution in [-0.4, -0.2) is 19.1 Å². The largest absolute Gasteiger partial charge is 0.380 e. The second-order valence-electron chi connectivity index (χ2n) is 4.59. The molecule has 1 aliphatic carbocycles. The molecule has 0 saturated heterocycles. The summed E-state index contributed by atoms with van der Waals surface area (Å²) in [5, 5.41) is 0. The molecular formula is C14H19NO3. The highest BCUT2D eigenvalue weighted by molar-refractivity contribution is 5.93. The van der Waals surface area contributed by atoms with Crippen molar-refractivity contribution in [3.63, 3.8) is 0 Å². The molecule has 2 rings (SSSR count). The Bertz CT molecular complexity index is 400. The average molecular weight is 249 g/mol. The Morgan fingerprint density at radius 3 is 2.89 bits per heavy atom. The van der Waals surface area contributed by atoms with Gasteiger partial charge in [-0.05, 0) is 30.5 Å². The third-order valence-corrected chi connectivity index (χ3v) is 3.12. The van der Waals surface area contributed by atoms with E-state index in [4.69, 9.17) is 9.57 Å². The molecule has 0 aromatic heterocycles. The highest BCUT2D eigenvalue weighted by Gasteiger charge is 2.17. The van der Waals surface area contributed by atoms with Crippen molar-refractivity contribution in [2.24, 2.45) is 0 Å². The van der Waals surface area contributed by atoms with E-state index in [0.29, 0.717) is 12.2 Å². The number of hydrogen-bond donors (Lipinski definition) is 1. The predicted octanol–water partition coefficient (Wildman–Crippen LogP) is 2.44. The summed E-state index contributed by atoms with van der Waals surface area (Å²) in [6.45, 7) is 0.505. The first-order valence-corrected chi connectivity index (χ1v) is 6.33. The lowest BCUT2D eigenvalue weighted by Crippen LogP contribution is -2.28. The summed E-state index contributed by atoms with van der Waals surface area (Å²) in [5.74, 6) is -0.195. The fourth-order valence-electron chi connectivity index (χ4n) is 2.17. The highest BCUT2D eigenvalue weighted by Crippen LogP contribution is 2.20. The van der Waals surface area contributed by atoms with Crippen LogP contribution in [0.15, 0.2) is 24.3 Å². The normalized spacial score (nSPS) is 15.8. The molecule has 0 radical (unpaired) electrons. The molecule has 1 amide bonds. The molecule has 1 N–H and O–H groups in total. The van der Waals surface area contributed by atoms with Gasteiger partial charge in [0.25, 0.3) is 5.91 Å². The molecule has 0 aliphatic heterocycles. The summed E-state index contributed by atoms with van der Waals surface area (Å²) in [6.07, 6.45) is 4.61. The van der Waals surface area contributed by atoms with Crippen molar-refractivity contribution in [2.75, 3.05) is 7.11 Å². The number of nitrogens with one attached hydrogen (secondary N) is 1. The molecule has 1 saturated carbocycles. The molecule has 1 fully saturated rings. The lowest BCUT2D eigenvalue weighted by atomic mass is 10.1. The van der Waals surface area contributed by atoms with Gasteiger partial charge in [-0.25, -0.2) is 5.48 Å². The smallest absolute Gasteiger partial charge is 0.274 e. The molecule has 0 spiro atoms. The lowest BCUT2D eigenvalue weighted by molar-refractivity contribution is -0.0125. The van der Waals surface area contributed by atoms with E-state index >= 15 is 0 Å². The second-order valence-corrected chi connectivity index (χ2v) is 4.59. The van der Waals surface area contributed by atoms with E-state index in [9.17, 15) is 4.79 Å². The quantitative estimate of drug-likeness (QED) is 0.815. The molecule has 0 unspecified atom stereocenters. The maximum absolute atomic E-state index is 11.9. The fraction of sp³-hybridized carbons (Fsp3) is 0.500. The average Bonchev–Trinajstić information content (AvgIpc) is 2.90. The summed E-state index contributed by atoms with van der Waals surface area (Å²) >= 11 is 0. The number of ether oxygens (including phenoxy) is 1. The number of amides is 1. The summed E-state index contributed by atoms with van der Waals surface area (Å²) in [5.41, 5.74) is 4.11. The standard InChI is InChI=1S/C14H19NO3/c1-17-10-11-5-4-6-12(9-11)14(16)15-18-13-7-2-3-8-13/h4-6,9,13H,2-3,7-8,10H2,1H3,(H,15,16). The number of methoxy groups -OCH3 is 1. The first kappa shape index (κ1) is 13.1. The third-order valence-electron chi connectivity index (χ3n) is 3.12. The van der Waals surface area contributed by atoms with Crippen LogP contribution in [0.25, 0.3) is 0 Å². The minimum absolute atomic E-state index is 0.177. The van der Waals surface area contributed by atoms with Crippen molar-refractivity contribution in [3.8, 4) is 0 Å². The number of rotatable bonds is 5. The zero-order valence-electron chi connectivity index (χ0n) is 10.6. The van der Waals surface area contributed by atoms with Gasteiger partial charge in [-0.3, -0.25) is 9.63 Å². The van der Waals surface area contributed by atoms with Crippen molar-refractivity contribution in [1.29, 1.82) is 0 Å². The molecule has 1 aromatic carbocycles. The summed E-state index contributed by atoms with van der Waals surface area (Å²) in [4.78, 5) is 17.3. The number of carbonyl (C=O) groups excluding carboxylic acids is 1. The van der Waals surface area contributed by atoms with Crippen molar-refractivity contribution in [1.82, 2.24) is 5.48 Å². The second kappa shape index (κ2) is 6.52. The number of carbonyl (C=O) groups is 1. The van der Waals surface area contributed by atoms with Crippen LogP contribution in [0, 0.1) is 0 Å². The topological polar surface area (TPSA) is 47.6 Å². The Kier molecular flexibility index (Phi) is 4.73. The van der Waals surface area contributed by atoms with Crippen LogP contribution in [-0.2, 0) is 16.2 Å². The molecular weight excluding hydrogens is 230 g/mol. The molecule has 1 aromatic rings. The van der Waals surface area contributed by atoms with Gasteiger partial charge in [-0.15, -0.1) is 0 Å². The summed E-state index contributed by atoms with van der Waals surface area (Å²) in [6, 6.07) is 7.36. The maximum Gasteiger partial charge on any atom is 0.274 e. The summed E-state index contributed by atoms with van der Waals surface area (Å²) in [7, 11) is 1.63. The van der Waals surface area contributed by atoms with E-state index < -0.39 is 0 Å². The Morgan fingerprint density at radius 2 is 2.17 bits per heavy atom.